The minimum absolute atomic E-state index is 0.506. The predicted molar refractivity (Wildman–Crippen MR) is 67.6 cm³/mol. The Labute approximate surface area is 95.1 Å². The van der Waals surface area contributed by atoms with Gasteiger partial charge >= 0.3 is 0 Å². The molecule has 2 rings (SSSR count). The maximum Gasteiger partial charge on any atom is 0.0948 e. The zero-order chi connectivity index (χ0) is 10.5. The Morgan fingerprint density at radius 1 is 1.27 bits per heavy atom. The van der Waals surface area contributed by atoms with Crippen LogP contribution in [-0.4, -0.2) is 10.3 Å². The van der Waals surface area contributed by atoms with Gasteiger partial charge in [-0.25, -0.2) is 0 Å². The Hall–Kier alpha value is -1.02. The van der Waals surface area contributed by atoms with Gasteiger partial charge in [0, 0.05) is 10.8 Å². The summed E-state index contributed by atoms with van der Waals surface area (Å²) < 4.78 is 0. The molecule has 78 valence electrons. The summed E-state index contributed by atoms with van der Waals surface area (Å²) in [5.74, 6) is 0. The molecule has 0 heterocycles. The molecule has 1 aliphatic rings. The fraction of sp³-hybridized carbons (Fsp3) is 0.308. The first-order valence-electron chi connectivity index (χ1n) is 5.33. The standard InChI is InChI=1S/C13H15NS/c14-13(11-7-3-1-4-8-11)15-12-9-5-2-6-10-12/h1,3-5,7-9,12,14H,2,6,10H2. The number of thioether (sulfide) groups is 1. The van der Waals surface area contributed by atoms with E-state index in [0.29, 0.717) is 10.3 Å². The molecule has 0 spiro atoms. The zero-order valence-corrected chi connectivity index (χ0v) is 9.46. The van der Waals surface area contributed by atoms with Gasteiger partial charge in [0.2, 0.25) is 0 Å². The van der Waals surface area contributed by atoms with Gasteiger partial charge in [-0.2, -0.15) is 0 Å². The van der Waals surface area contributed by atoms with Gasteiger partial charge in [-0.15, -0.1) is 0 Å². The first-order chi connectivity index (χ1) is 7.36. The lowest BCUT2D eigenvalue weighted by atomic mass is 10.1. The van der Waals surface area contributed by atoms with Crippen molar-refractivity contribution in [1.82, 2.24) is 0 Å². The van der Waals surface area contributed by atoms with Crippen LogP contribution in [0.1, 0.15) is 24.8 Å². The van der Waals surface area contributed by atoms with Crippen LogP contribution in [-0.2, 0) is 0 Å². The van der Waals surface area contributed by atoms with E-state index in [1.54, 1.807) is 11.8 Å². The molecular formula is C13H15NS. The van der Waals surface area contributed by atoms with E-state index in [1.165, 1.54) is 19.3 Å². The van der Waals surface area contributed by atoms with Crippen molar-refractivity contribution in [1.29, 1.82) is 5.41 Å². The number of nitrogens with one attached hydrogen (secondary N) is 1. The van der Waals surface area contributed by atoms with Crippen molar-refractivity contribution < 1.29 is 0 Å². The van der Waals surface area contributed by atoms with E-state index in [-0.39, 0.29) is 0 Å². The maximum atomic E-state index is 8.00. The third kappa shape index (κ3) is 2.96. The topological polar surface area (TPSA) is 23.9 Å². The van der Waals surface area contributed by atoms with Gasteiger partial charge in [-0.3, -0.25) is 5.41 Å². The minimum Gasteiger partial charge on any atom is -0.293 e. The van der Waals surface area contributed by atoms with Gasteiger partial charge in [-0.05, 0) is 19.3 Å². The largest absolute Gasteiger partial charge is 0.293 e. The van der Waals surface area contributed by atoms with Crippen LogP contribution in [0.25, 0.3) is 0 Å². The second-order valence-electron chi connectivity index (χ2n) is 3.71. The van der Waals surface area contributed by atoms with Crippen molar-refractivity contribution in [2.75, 3.05) is 0 Å². The Morgan fingerprint density at radius 3 is 2.73 bits per heavy atom. The summed E-state index contributed by atoms with van der Waals surface area (Å²) in [5, 5.41) is 9.19. The number of allylic oxidation sites excluding steroid dienone is 1. The van der Waals surface area contributed by atoms with E-state index in [2.05, 4.69) is 12.2 Å². The highest BCUT2D eigenvalue weighted by Crippen LogP contribution is 2.26. The molecule has 0 radical (unpaired) electrons. The van der Waals surface area contributed by atoms with E-state index >= 15 is 0 Å². The molecule has 0 saturated heterocycles. The molecule has 1 aromatic carbocycles. The van der Waals surface area contributed by atoms with Gasteiger partial charge in [0.05, 0.1) is 5.04 Å². The quantitative estimate of drug-likeness (QED) is 0.454. The Morgan fingerprint density at radius 2 is 2.07 bits per heavy atom. The van der Waals surface area contributed by atoms with Gasteiger partial charge in [0.1, 0.15) is 0 Å². The van der Waals surface area contributed by atoms with Crippen molar-refractivity contribution in [2.24, 2.45) is 0 Å². The average molecular weight is 217 g/mol. The average Bonchev–Trinajstić information content (AvgIpc) is 2.31. The number of benzene rings is 1. The molecule has 15 heavy (non-hydrogen) atoms. The van der Waals surface area contributed by atoms with Crippen molar-refractivity contribution in [3.8, 4) is 0 Å². The van der Waals surface area contributed by atoms with E-state index in [0.717, 1.165) is 5.56 Å². The summed E-state index contributed by atoms with van der Waals surface area (Å²) >= 11 is 1.67. The SMILES string of the molecule is N=C(SC1C=CCCC1)c1ccccc1. The molecule has 0 aromatic heterocycles. The number of hydrogen-bond donors (Lipinski definition) is 1. The van der Waals surface area contributed by atoms with Crippen LogP contribution in [0.2, 0.25) is 0 Å². The molecule has 1 N–H and O–H groups in total. The summed E-state index contributed by atoms with van der Waals surface area (Å²) in [7, 11) is 0. The zero-order valence-electron chi connectivity index (χ0n) is 8.65. The van der Waals surface area contributed by atoms with Gasteiger partial charge in [0.25, 0.3) is 0 Å². The lowest BCUT2D eigenvalue weighted by Crippen LogP contribution is -2.06. The van der Waals surface area contributed by atoms with E-state index in [4.69, 9.17) is 5.41 Å². The third-order valence-electron chi connectivity index (χ3n) is 2.52. The summed E-state index contributed by atoms with van der Waals surface area (Å²) in [5.41, 5.74) is 1.03. The molecule has 1 atom stereocenters. The third-order valence-corrected chi connectivity index (χ3v) is 3.68. The molecule has 0 fully saturated rings. The fourth-order valence-electron chi connectivity index (χ4n) is 1.69. The van der Waals surface area contributed by atoms with Crippen LogP contribution in [0.3, 0.4) is 0 Å². The molecule has 0 amide bonds. The van der Waals surface area contributed by atoms with Crippen LogP contribution < -0.4 is 0 Å². The first kappa shape index (κ1) is 10.5. The Kier molecular flexibility index (Phi) is 3.62. The van der Waals surface area contributed by atoms with Crippen LogP contribution in [0.5, 0.6) is 0 Å². The van der Waals surface area contributed by atoms with E-state index in [1.807, 2.05) is 30.3 Å². The van der Waals surface area contributed by atoms with Gasteiger partial charge < -0.3 is 0 Å². The summed E-state index contributed by atoms with van der Waals surface area (Å²) in [6.07, 6.45) is 8.15. The smallest absolute Gasteiger partial charge is 0.0948 e. The lowest BCUT2D eigenvalue weighted by molar-refractivity contribution is 0.743. The monoisotopic (exact) mass is 217 g/mol. The summed E-state index contributed by atoms with van der Waals surface area (Å²) in [4.78, 5) is 0. The van der Waals surface area contributed by atoms with Crippen LogP contribution in [0.4, 0.5) is 0 Å². The van der Waals surface area contributed by atoms with Gasteiger partial charge in [-0.1, -0.05) is 54.2 Å². The highest BCUT2D eigenvalue weighted by atomic mass is 32.2. The van der Waals surface area contributed by atoms with Crippen LogP contribution >= 0.6 is 11.8 Å². The molecule has 1 aliphatic carbocycles. The molecule has 1 nitrogen and oxygen atoms in total. The maximum absolute atomic E-state index is 8.00. The summed E-state index contributed by atoms with van der Waals surface area (Å²) in [6, 6.07) is 9.97. The molecule has 0 saturated carbocycles. The highest BCUT2D eigenvalue weighted by molar-refractivity contribution is 8.14. The van der Waals surface area contributed by atoms with Crippen LogP contribution in [0, 0.1) is 5.41 Å². The van der Waals surface area contributed by atoms with Crippen molar-refractivity contribution in [3.05, 3.63) is 48.0 Å². The molecule has 1 unspecified atom stereocenters. The fourth-order valence-corrected chi connectivity index (χ4v) is 2.74. The minimum atomic E-state index is 0.506. The second kappa shape index (κ2) is 5.17. The molecule has 0 bridgehead atoms. The van der Waals surface area contributed by atoms with Crippen molar-refractivity contribution in [2.45, 2.75) is 24.5 Å². The Bertz CT molecular complexity index is 356. The number of rotatable bonds is 2. The predicted octanol–water partition coefficient (Wildman–Crippen LogP) is 3.85. The van der Waals surface area contributed by atoms with Crippen molar-refractivity contribution in [3.63, 3.8) is 0 Å². The lowest BCUT2D eigenvalue weighted by Gasteiger charge is -2.15. The highest BCUT2D eigenvalue weighted by Gasteiger charge is 2.12. The first-order valence-corrected chi connectivity index (χ1v) is 6.21. The second-order valence-corrected chi connectivity index (χ2v) is 4.96. The molecule has 1 aromatic rings. The normalized spacial score (nSPS) is 20.1. The molecule has 2 heteroatoms. The van der Waals surface area contributed by atoms with E-state index in [9.17, 15) is 0 Å². The van der Waals surface area contributed by atoms with Crippen molar-refractivity contribution >= 4 is 16.8 Å². The van der Waals surface area contributed by atoms with E-state index < -0.39 is 0 Å². The van der Waals surface area contributed by atoms with Gasteiger partial charge in [0.15, 0.2) is 0 Å². The molecule has 0 aliphatic heterocycles. The summed E-state index contributed by atoms with van der Waals surface area (Å²) in [6.45, 7) is 0. The number of hydrogen-bond acceptors (Lipinski definition) is 2. The molecular weight excluding hydrogens is 202 g/mol. The Balaban J connectivity index is 1.98. The van der Waals surface area contributed by atoms with Crippen LogP contribution in [0.15, 0.2) is 42.5 Å².